The molecule has 3 aromatic rings. The van der Waals surface area contributed by atoms with Crippen LogP contribution in [-0.2, 0) is 27.2 Å². The first-order valence-electron chi connectivity index (χ1n) is 11.1. The molecule has 2 aliphatic heterocycles. The molecule has 4 unspecified atom stereocenters. The molecule has 0 saturated carbocycles. The van der Waals surface area contributed by atoms with Gasteiger partial charge >= 0.3 is 5.97 Å². The zero-order valence-electron chi connectivity index (χ0n) is 19.0. The third kappa shape index (κ3) is 3.88. The molecule has 2 aromatic heterocycles. The van der Waals surface area contributed by atoms with E-state index in [0.29, 0.717) is 17.0 Å². The fourth-order valence-electron chi connectivity index (χ4n) is 5.15. The highest BCUT2D eigenvalue weighted by Gasteiger charge is 2.68. The first-order chi connectivity index (χ1) is 17.2. The molecule has 4 heterocycles. The maximum atomic E-state index is 13.7. The highest BCUT2D eigenvalue weighted by Crippen LogP contribution is 2.50. The van der Waals surface area contributed by atoms with E-state index < -0.39 is 46.1 Å². The van der Waals surface area contributed by atoms with Crippen LogP contribution in [0.25, 0.3) is 0 Å². The van der Waals surface area contributed by atoms with Gasteiger partial charge in [0, 0.05) is 48.0 Å². The number of likely N-dealkylation sites (tertiary alicyclic amines) is 1. The van der Waals surface area contributed by atoms with E-state index in [9.17, 15) is 29.6 Å². The van der Waals surface area contributed by atoms with Crippen molar-refractivity contribution in [3.05, 3.63) is 72.6 Å². The molecular weight excluding hydrogens is 506 g/mol. The number of carboxylic acid groups (broad SMARTS) is 1. The van der Waals surface area contributed by atoms with Crippen LogP contribution in [0.2, 0.25) is 0 Å². The van der Waals surface area contributed by atoms with Crippen molar-refractivity contribution in [1.29, 1.82) is 0 Å². The van der Waals surface area contributed by atoms with E-state index in [0.717, 1.165) is 10.6 Å². The van der Waals surface area contributed by atoms with Gasteiger partial charge in [0.2, 0.25) is 11.8 Å². The topological polar surface area (TPSA) is 156 Å². The second-order valence-corrected chi connectivity index (χ2v) is 10.7. The molecule has 186 valence electrons. The van der Waals surface area contributed by atoms with Crippen LogP contribution in [0.3, 0.4) is 0 Å². The van der Waals surface area contributed by atoms with E-state index in [-0.39, 0.29) is 18.7 Å². The lowest BCUT2D eigenvalue weighted by Gasteiger charge is -2.31. The Hall–Kier alpha value is -3.55. The molecule has 13 heteroatoms. The zero-order valence-corrected chi connectivity index (χ0v) is 20.6. The van der Waals surface area contributed by atoms with Gasteiger partial charge in [-0.2, -0.15) is 0 Å². The number of carboxylic acids is 1. The number of rotatable bonds is 8. The van der Waals surface area contributed by atoms with Gasteiger partial charge in [0.05, 0.1) is 34.0 Å². The van der Waals surface area contributed by atoms with Crippen LogP contribution in [-0.4, -0.2) is 54.8 Å². The third-order valence-corrected chi connectivity index (χ3v) is 8.74. The van der Waals surface area contributed by atoms with E-state index in [1.807, 2.05) is 6.92 Å². The molecule has 2 fully saturated rings. The summed E-state index contributed by atoms with van der Waals surface area (Å²) in [5.41, 5.74) is 1.11. The summed E-state index contributed by atoms with van der Waals surface area (Å²) in [6.45, 7) is 1.99. The minimum Gasteiger partial charge on any atom is -0.480 e. The van der Waals surface area contributed by atoms with Crippen LogP contribution in [0.4, 0.5) is 5.69 Å². The Labute approximate surface area is 213 Å². The number of aliphatic carboxylic acids is 1. The van der Waals surface area contributed by atoms with E-state index in [4.69, 9.17) is 0 Å². The number of fused-ring (bicyclic) bond motifs is 1. The maximum Gasteiger partial charge on any atom is 0.325 e. The lowest BCUT2D eigenvalue weighted by Crippen LogP contribution is -2.57. The highest BCUT2D eigenvalue weighted by molar-refractivity contribution is 7.10. The largest absolute Gasteiger partial charge is 0.480 e. The van der Waals surface area contributed by atoms with Crippen molar-refractivity contribution < 1.29 is 24.4 Å². The average Bonchev–Trinajstić information content (AvgIpc) is 3.62. The summed E-state index contributed by atoms with van der Waals surface area (Å²) in [7, 11) is 0. The number of carbonyl (C=O) groups is 3. The predicted octanol–water partition coefficient (Wildman–Crippen LogP) is 2.37. The van der Waals surface area contributed by atoms with Crippen molar-refractivity contribution >= 4 is 46.1 Å². The highest BCUT2D eigenvalue weighted by atomic mass is 32.1. The van der Waals surface area contributed by atoms with Crippen molar-refractivity contribution in [3.63, 3.8) is 0 Å². The Bertz CT molecular complexity index is 1340. The Morgan fingerprint density at radius 3 is 2.56 bits per heavy atom. The Balaban J connectivity index is 1.52. The van der Waals surface area contributed by atoms with Gasteiger partial charge in [-0.25, -0.2) is 9.97 Å². The summed E-state index contributed by atoms with van der Waals surface area (Å²) in [5, 5.41) is 26.8. The monoisotopic (exact) mass is 527 g/mol. The number of hydrogen-bond acceptors (Lipinski definition) is 10. The van der Waals surface area contributed by atoms with Gasteiger partial charge in [-0.1, -0.05) is 12.1 Å². The van der Waals surface area contributed by atoms with Crippen molar-refractivity contribution in [2.24, 2.45) is 11.8 Å². The molecule has 1 aromatic carbocycles. The van der Waals surface area contributed by atoms with Crippen molar-refractivity contribution in [2.75, 3.05) is 6.54 Å². The second kappa shape index (κ2) is 9.15. The first kappa shape index (κ1) is 24.2. The quantitative estimate of drug-likeness (QED) is 0.255. The number of benzene rings is 1. The molecule has 2 aliphatic rings. The number of nitro benzene ring substituents is 1. The summed E-state index contributed by atoms with van der Waals surface area (Å²) < 4.78 is 0. The van der Waals surface area contributed by atoms with Gasteiger partial charge in [0.15, 0.2) is 0 Å². The molecule has 0 radical (unpaired) electrons. The van der Waals surface area contributed by atoms with Crippen molar-refractivity contribution in [1.82, 2.24) is 20.2 Å². The summed E-state index contributed by atoms with van der Waals surface area (Å²) in [6.07, 6.45) is 1.87. The lowest BCUT2D eigenvalue weighted by atomic mass is 9.76. The molecule has 2 saturated heterocycles. The first-order valence-corrected chi connectivity index (χ1v) is 12.9. The Kier molecular flexibility index (Phi) is 6.14. The number of aryl methyl sites for hydroxylation is 1. The van der Waals surface area contributed by atoms with Crippen LogP contribution in [0.1, 0.15) is 27.2 Å². The lowest BCUT2D eigenvalue weighted by molar-refractivity contribution is -0.384. The molecule has 2 amide bonds. The van der Waals surface area contributed by atoms with E-state index in [2.05, 4.69) is 15.3 Å². The van der Waals surface area contributed by atoms with Gasteiger partial charge in [-0.3, -0.25) is 34.7 Å². The average molecular weight is 528 g/mol. The van der Waals surface area contributed by atoms with Crippen LogP contribution in [0, 0.1) is 28.9 Å². The second-order valence-electron chi connectivity index (χ2n) is 8.81. The van der Waals surface area contributed by atoms with Gasteiger partial charge < -0.3 is 5.11 Å². The molecule has 11 nitrogen and oxygen atoms in total. The van der Waals surface area contributed by atoms with Gasteiger partial charge in [-0.15, -0.1) is 22.7 Å². The van der Waals surface area contributed by atoms with E-state index >= 15 is 0 Å². The molecule has 0 bridgehead atoms. The molecule has 5 rings (SSSR count). The number of carbonyl (C=O) groups excluding carboxylic acids is 2. The Morgan fingerprint density at radius 1 is 1.22 bits per heavy atom. The van der Waals surface area contributed by atoms with Crippen LogP contribution < -0.4 is 5.32 Å². The van der Waals surface area contributed by atoms with Gasteiger partial charge in [0.1, 0.15) is 10.5 Å². The molecule has 36 heavy (non-hydrogen) atoms. The van der Waals surface area contributed by atoms with Crippen LogP contribution in [0.15, 0.2) is 41.4 Å². The number of imide groups is 1. The summed E-state index contributed by atoms with van der Waals surface area (Å²) >= 11 is 2.72. The molecule has 0 spiro atoms. The SMILES string of the molecule is Cc1ncsc1CCN1C(=O)C2C(c3nccs3)NC(Cc3ccc([N+](=O)[O-])cc3)(C(=O)O)C2C1=O. The fourth-order valence-corrected chi connectivity index (χ4v) is 6.66. The number of hydrogen-bond donors (Lipinski definition) is 2. The van der Waals surface area contributed by atoms with Crippen molar-refractivity contribution in [2.45, 2.75) is 31.3 Å². The fraction of sp³-hybridized carbons (Fsp3) is 0.348. The summed E-state index contributed by atoms with van der Waals surface area (Å²) in [4.78, 5) is 61.3. The minimum atomic E-state index is -1.79. The summed E-state index contributed by atoms with van der Waals surface area (Å²) in [5.74, 6) is -4.32. The Morgan fingerprint density at radius 2 is 1.97 bits per heavy atom. The van der Waals surface area contributed by atoms with Gasteiger partial charge in [-0.05, 0) is 12.5 Å². The molecule has 2 N–H and O–H groups in total. The maximum absolute atomic E-state index is 13.7. The molecule has 4 atom stereocenters. The summed E-state index contributed by atoms with van der Waals surface area (Å²) in [6, 6.07) is 4.78. The van der Waals surface area contributed by atoms with Crippen LogP contribution in [0.5, 0.6) is 0 Å². The number of nitrogens with zero attached hydrogens (tertiary/aromatic N) is 4. The van der Waals surface area contributed by atoms with Gasteiger partial charge in [0.25, 0.3) is 5.69 Å². The van der Waals surface area contributed by atoms with Crippen LogP contribution >= 0.6 is 22.7 Å². The number of aromatic nitrogens is 2. The minimum absolute atomic E-state index is 0.127. The predicted molar refractivity (Wildman–Crippen MR) is 129 cm³/mol. The zero-order chi connectivity index (χ0) is 25.6. The van der Waals surface area contributed by atoms with Crippen molar-refractivity contribution in [3.8, 4) is 0 Å². The van der Waals surface area contributed by atoms with E-state index in [1.54, 1.807) is 17.1 Å². The molecular formula is C23H21N5O6S2. The number of nitro groups is 1. The van der Waals surface area contributed by atoms with E-state index in [1.165, 1.54) is 51.8 Å². The smallest absolute Gasteiger partial charge is 0.325 e. The number of thiazole rings is 2. The number of amides is 2. The number of non-ortho nitro benzene ring substituents is 1. The normalized spacial score (nSPS) is 25.4. The third-order valence-electron chi connectivity index (χ3n) is 6.88. The number of nitrogens with one attached hydrogen (secondary N) is 1. The molecule has 0 aliphatic carbocycles. The standard InChI is InChI=1S/C23H21N5O6S2/c1-12-15(36-11-25-12)6-8-27-20(29)16-17(21(27)30)23(22(31)32,26-18(16)19-24-7-9-35-19)10-13-2-4-14(5-3-13)28(33)34/h2-5,7,9,11,16-18,26H,6,8,10H2,1H3,(H,31,32).